The molecule has 132 valence electrons. The van der Waals surface area contributed by atoms with E-state index in [2.05, 4.69) is 30.5 Å². The van der Waals surface area contributed by atoms with Crippen LogP contribution in [0.2, 0.25) is 0 Å². The van der Waals surface area contributed by atoms with Crippen molar-refractivity contribution in [3.05, 3.63) is 89.5 Å². The fourth-order valence-corrected chi connectivity index (χ4v) is 2.77. The number of aryl methyl sites for hydroxylation is 1. The smallest absolute Gasteiger partial charge is 0.175 e. The lowest BCUT2D eigenvalue weighted by molar-refractivity contribution is 0.306. The highest BCUT2D eigenvalue weighted by molar-refractivity contribution is 7.80. The summed E-state index contributed by atoms with van der Waals surface area (Å²) in [4.78, 5) is 0. The Hall–Kier alpha value is -2.85. The molecular formula is C22H22N2OS. The van der Waals surface area contributed by atoms with Crippen LogP contribution < -0.4 is 15.4 Å². The Morgan fingerprint density at radius 2 is 1.58 bits per heavy atom. The van der Waals surface area contributed by atoms with Gasteiger partial charge in [0, 0.05) is 11.4 Å². The predicted octanol–water partition coefficient (Wildman–Crippen LogP) is 5.69. The molecule has 3 nitrogen and oxygen atoms in total. The lowest BCUT2D eigenvalue weighted by Crippen LogP contribution is -2.19. The summed E-state index contributed by atoms with van der Waals surface area (Å²) < 4.78 is 5.80. The van der Waals surface area contributed by atoms with Crippen molar-refractivity contribution in [1.29, 1.82) is 0 Å². The molecule has 0 aliphatic heterocycles. The minimum Gasteiger partial charge on any atom is -0.489 e. The van der Waals surface area contributed by atoms with E-state index in [9.17, 15) is 0 Å². The first kappa shape index (κ1) is 18.0. The van der Waals surface area contributed by atoms with Gasteiger partial charge in [0.1, 0.15) is 12.4 Å². The minimum atomic E-state index is 0.556. The zero-order chi connectivity index (χ0) is 18.4. The van der Waals surface area contributed by atoms with Crippen molar-refractivity contribution in [3.63, 3.8) is 0 Å². The predicted molar refractivity (Wildman–Crippen MR) is 113 cm³/mol. The maximum Gasteiger partial charge on any atom is 0.175 e. The average Bonchev–Trinajstić information content (AvgIpc) is 2.66. The van der Waals surface area contributed by atoms with Crippen LogP contribution in [-0.2, 0) is 6.61 Å². The third kappa shape index (κ3) is 4.83. The van der Waals surface area contributed by atoms with E-state index in [0.29, 0.717) is 11.7 Å². The van der Waals surface area contributed by atoms with Crippen LogP contribution in [0.5, 0.6) is 5.75 Å². The van der Waals surface area contributed by atoms with E-state index in [1.807, 2.05) is 66.7 Å². The summed E-state index contributed by atoms with van der Waals surface area (Å²) in [6.07, 6.45) is 0. The van der Waals surface area contributed by atoms with Gasteiger partial charge in [-0.05, 0) is 73.1 Å². The Balaban J connectivity index is 1.55. The topological polar surface area (TPSA) is 33.3 Å². The van der Waals surface area contributed by atoms with E-state index in [1.165, 1.54) is 11.1 Å². The first-order chi connectivity index (χ1) is 12.6. The summed E-state index contributed by atoms with van der Waals surface area (Å²) >= 11 is 5.42. The molecule has 0 bridgehead atoms. The first-order valence-corrected chi connectivity index (χ1v) is 8.93. The third-order valence-corrected chi connectivity index (χ3v) is 4.42. The van der Waals surface area contributed by atoms with Gasteiger partial charge >= 0.3 is 0 Å². The van der Waals surface area contributed by atoms with Gasteiger partial charge in [0.05, 0.1) is 0 Å². The van der Waals surface area contributed by atoms with E-state index < -0.39 is 0 Å². The van der Waals surface area contributed by atoms with Crippen molar-refractivity contribution in [2.75, 3.05) is 10.6 Å². The van der Waals surface area contributed by atoms with Gasteiger partial charge in [-0.2, -0.15) is 0 Å². The standard InChI is InChI=1S/C22H22N2OS/c1-16-7-6-10-21(17(16)2)24-22(26)23-19-11-13-20(14-12-19)25-15-18-8-4-3-5-9-18/h3-14H,15H2,1-2H3,(H2,23,24,26). The number of thiocarbonyl (C=S) groups is 1. The second-order valence-electron chi connectivity index (χ2n) is 6.13. The van der Waals surface area contributed by atoms with E-state index >= 15 is 0 Å². The van der Waals surface area contributed by atoms with Crippen molar-refractivity contribution in [2.45, 2.75) is 20.5 Å². The van der Waals surface area contributed by atoms with Crippen LogP contribution >= 0.6 is 12.2 Å². The van der Waals surface area contributed by atoms with Gasteiger partial charge < -0.3 is 15.4 Å². The van der Waals surface area contributed by atoms with Gasteiger partial charge in [-0.3, -0.25) is 0 Å². The van der Waals surface area contributed by atoms with E-state index in [-0.39, 0.29) is 0 Å². The monoisotopic (exact) mass is 362 g/mol. The molecule has 3 rings (SSSR count). The molecule has 0 aliphatic rings. The Morgan fingerprint density at radius 1 is 0.846 bits per heavy atom. The van der Waals surface area contributed by atoms with Crippen LogP contribution in [0.25, 0.3) is 0 Å². The van der Waals surface area contributed by atoms with Crippen molar-refractivity contribution < 1.29 is 4.74 Å². The highest BCUT2D eigenvalue weighted by Gasteiger charge is 2.04. The number of nitrogens with one attached hydrogen (secondary N) is 2. The number of rotatable bonds is 5. The van der Waals surface area contributed by atoms with Crippen LogP contribution in [-0.4, -0.2) is 5.11 Å². The maximum atomic E-state index is 5.80. The molecule has 0 amide bonds. The fraction of sp³-hybridized carbons (Fsp3) is 0.136. The second-order valence-corrected chi connectivity index (χ2v) is 6.53. The Bertz CT molecular complexity index is 876. The molecule has 0 unspecified atom stereocenters. The zero-order valence-corrected chi connectivity index (χ0v) is 15.8. The lowest BCUT2D eigenvalue weighted by Gasteiger charge is -2.14. The molecule has 0 atom stereocenters. The molecule has 0 heterocycles. The molecule has 0 saturated carbocycles. The van der Waals surface area contributed by atoms with Gasteiger partial charge in [0.15, 0.2) is 5.11 Å². The number of anilines is 2. The molecule has 0 radical (unpaired) electrons. The molecule has 0 fully saturated rings. The van der Waals surface area contributed by atoms with Crippen molar-refractivity contribution in [2.24, 2.45) is 0 Å². The molecule has 26 heavy (non-hydrogen) atoms. The molecule has 3 aromatic rings. The number of ether oxygens (including phenoxy) is 1. The van der Waals surface area contributed by atoms with Crippen LogP contribution in [0, 0.1) is 13.8 Å². The van der Waals surface area contributed by atoms with Crippen LogP contribution in [0.4, 0.5) is 11.4 Å². The SMILES string of the molecule is Cc1cccc(NC(=S)Nc2ccc(OCc3ccccc3)cc2)c1C. The van der Waals surface area contributed by atoms with Crippen molar-refractivity contribution in [1.82, 2.24) is 0 Å². The summed E-state index contributed by atoms with van der Waals surface area (Å²) in [5.74, 6) is 0.827. The normalized spacial score (nSPS) is 10.2. The van der Waals surface area contributed by atoms with Crippen molar-refractivity contribution >= 4 is 28.7 Å². The van der Waals surface area contributed by atoms with Gasteiger partial charge in [0.25, 0.3) is 0 Å². The first-order valence-electron chi connectivity index (χ1n) is 8.53. The lowest BCUT2D eigenvalue weighted by atomic mass is 10.1. The second kappa shape index (κ2) is 8.50. The molecule has 0 aliphatic carbocycles. The molecule has 4 heteroatoms. The summed E-state index contributed by atoms with van der Waals surface area (Å²) in [6.45, 7) is 4.73. The zero-order valence-electron chi connectivity index (χ0n) is 15.0. The molecule has 0 spiro atoms. The van der Waals surface area contributed by atoms with Gasteiger partial charge in [-0.25, -0.2) is 0 Å². The molecule has 3 aromatic carbocycles. The molecule has 2 N–H and O–H groups in total. The summed E-state index contributed by atoms with van der Waals surface area (Å²) in [7, 11) is 0. The maximum absolute atomic E-state index is 5.80. The minimum absolute atomic E-state index is 0.556. The number of hydrogen-bond acceptors (Lipinski definition) is 2. The van der Waals surface area contributed by atoms with Gasteiger partial charge in [-0.1, -0.05) is 42.5 Å². The Morgan fingerprint density at radius 3 is 2.31 bits per heavy atom. The summed E-state index contributed by atoms with van der Waals surface area (Å²) in [5, 5.41) is 7.02. The third-order valence-electron chi connectivity index (χ3n) is 4.21. The van der Waals surface area contributed by atoms with E-state index in [4.69, 9.17) is 17.0 Å². The molecule has 0 aromatic heterocycles. The van der Waals surface area contributed by atoms with Crippen LogP contribution in [0.3, 0.4) is 0 Å². The van der Waals surface area contributed by atoms with Gasteiger partial charge in [0.2, 0.25) is 0 Å². The summed E-state index contributed by atoms with van der Waals surface area (Å²) in [6, 6.07) is 24.0. The average molecular weight is 362 g/mol. The van der Waals surface area contributed by atoms with Gasteiger partial charge in [-0.15, -0.1) is 0 Å². The fourth-order valence-electron chi connectivity index (χ4n) is 2.55. The molecular weight excluding hydrogens is 340 g/mol. The molecule has 0 saturated heterocycles. The number of hydrogen-bond donors (Lipinski definition) is 2. The van der Waals surface area contributed by atoms with Crippen LogP contribution in [0.15, 0.2) is 72.8 Å². The van der Waals surface area contributed by atoms with Crippen molar-refractivity contribution in [3.8, 4) is 5.75 Å². The Kier molecular flexibility index (Phi) is 5.87. The quantitative estimate of drug-likeness (QED) is 0.571. The largest absolute Gasteiger partial charge is 0.489 e. The highest BCUT2D eigenvalue weighted by Crippen LogP contribution is 2.20. The van der Waals surface area contributed by atoms with Crippen LogP contribution in [0.1, 0.15) is 16.7 Å². The Labute approximate surface area is 160 Å². The van der Waals surface area contributed by atoms with E-state index in [0.717, 1.165) is 22.7 Å². The highest BCUT2D eigenvalue weighted by atomic mass is 32.1. The summed E-state index contributed by atoms with van der Waals surface area (Å²) in [5.41, 5.74) is 5.51. The van der Waals surface area contributed by atoms with E-state index in [1.54, 1.807) is 0 Å². The number of benzene rings is 3.